The quantitative estimate of drug-likeness (QED) is 0.303. The molecule has 2 aromatic heterocycles. The van der Waals surface area contributed by atoms with Crippen molar-refractivity contribution in [2.24, 2.45) is 0 Å². The molecule has 0 saturated carbocycles. The summed E-state index contributed by atoms with van der Waals surface area (Å²) in [6, 6.07) is 9.34. The molecule has 0 amide bonds. The van der Waals surface area contributed by atoms with Crippen LogP contribution in [0.3, 0.4) is 0 Å². The van der Waals surface area contributed by atoms with Crippen LogP contribution in [0.4, 0.5) is 0 Å². The molecule has 0 aliphatic carbocycles. The van der Waals surface area contributed by atoms with E-state index in [0.29, 0.717) is 23.9 Å². The van der Waals surface area contributed by atoms with Crippen molar-refractivity contribution in [3.05, 3.63) is 82.2 Å². The second-order valence-electron chi connectivity index (χ2n) is 7.64. The number of carbonyl (C=O) groups is 1. The number of carboxylic acid groups (broad SMARTS) is 1. The molecule has 1 N–H and O–H groups in total. The van der Waals surface area contributed by atoms with Crippen LogP contribution in [0.1, 0.15) is 48.8 Å². The fourth-order valence-electron chi connectivity index (χ4n) is 3.35. The normalized spacial score (nSPS) is 11.5. The minimum absolute atomic E-state index is 0.265. The second kappa shape index (κ2) is 11.5. The van der Waals surface area contributed by atoms with Crippen molar-refractivity contribution in [2.45, 2.75) is 46.1 Å². The van der Waals surface area contributed by atoms with Gasteiger partial charge in [-0.3, -0.25) is 4.98 Å². The molecule has 0 unspecified atom stereocenters. The fourth-order valence-corrected chi connectivity index (χ4v) is 3.58. The molecule has 0 spiro atoms. The van der Waals surface area contributed by atoms with Crippen LogP contribution < -0.4 is 4.74 Å². The van der Waals surface area contributed by atoms with Crippen molar-refractivity contribution in [1.82, 2.24) is 14.5 Å². The molecule has 3 rings (SSSR count). The molecule has 0 aliphatic rings. The third-order valence-electron chi connectivity index (χ3n) is 5.17. The smallest absolute Gasteiger partial charge is 0.331 e. The molecule has 6 nitrogen and oxygen atoms in total. The molecular formula is C25H28ClN3O3. The minimum atomic E-state index is -0.970. The maximum atomic E-state index is 11.9. The minimum Gasteiger partial charge on any atom is -0.494 e. The number of hydrogen-bond acceptors (Lipinski definition) is 4. The van der Waals surface area contributed by atoms with Crippen molar-refractivity contribution in [1.29, 1.82) is 0 Å². The zero-order valence-corrected chi connectivity index (χ0v) is 19.2. The lowest BCUT2D eigenvalue weighted by molar-refractivity contribution is -0.132. The van der Waals surface area contributed by atoms with E-state index in [0.717, 1.165) is 42.0 Å². The van der Waals surface area contributed by atoms with Gasteiger partial charge in [-0.2, -0.15) is 0 Å². The number of halogens is 1. The first-order valence-corrected chi connectivity index (χ1v) is 11.1. The molecule has 1 aromatic carbocycles. The maximum Gasteiger partial charge on any atom is 0.331 e. The van der Waals surface area contributed by atoms with Gasteiger partial charge in [0.1, 0.15) is 11.6 Å². The number of aromatic nitrogens is 3. The van der Waals surface area contributed by atoms with Crippen molar-refractivity contribution < 1.29 is 14.6 Å². The van der Waals surface area contributed by atoms with Gasteiger partial charge in [0.2, 0.25) is 0 Å². The predicted molar refractivity (Wildman–Crippen MR) is 126 cm³/mol. The maximum absolute atomic E-state index is 11.9. The average Bonchev–Trinajstić information content (AvgIpc) is 3.12. The summed E-state index contributed by atoms with van der Waals surface area (Å²) in [6.45, 7) is 5.20. The topological polar surface area (TPSA) is 77.2 Å². The highest BCUT2D eigenvalue weighted by molar-refractivity contribution is 6.31. The van der Waals surface area contributed by atoms with Gasteiger partial charge in [-0.05, 0) is 48.7 Å². The molecule has 32 heavy (non-hydrogen) atoms. The summed E-state index contributed by atoms with van der Waals surface area (Å²) in [7, 11) is 0. The Morgan fingerprint density at radius 1 is 1.25 bits per heavy atom. The highest BCUT2D eigenvalue weighted by atomic mass is 35.5. The number of unbranched alkanes of at least 4 members (excludes halogenated alkanes) is 2. The Morgan fingerprint density at radius 3 is 2.78 bits per heavy atom. The molecule has 0 fully saturated rings. The Balaban J connectivity index is 1.79. The van der Waals surface area contributed by atoms with Crippen LogP contribution >= 0.6 is 11.6 Å². The van der Waals surface area contributed by atoms with Gasteiger partial charge in [-0.25, -0.2) is 9.78 Å². The summed E-state index contributed by atoms with van der Waals surface area (Å²) in [5.74, 6) is 0.558. The number of ether oxygens (including phenoxy) is 1. The summed E-state index contributed by atoms with van der Waals surface area (Å²) < 4.78 is 7.73. The lowest BCUT2D eigenvalue weighted by atomic mass is 10.1. The highest BCUT2D eigenvalue weighted by Crippen LogP contribution is 2.25. The van der Waals surface area contributed by atoms with Gasteiger partial charge in [0.15, 0.2) is 0 Å². The third-order valence-corrected chi connectivity index (χ3v) is 5.52. The van der Waals surface area contributed by atoms with Gasteiger partial charge in [0, 0.05) is 29.4 Å². The Bertz CT molecular complexity index is 1080. The standard InChI is InChI=1S/C25H28ClN3O3/c1-3-4-5-11-32-23-9-8-20(24(26)14-23)17-29-18(2)28-16-22(29)13-21(25(30)31)12-19-7-6-10-27-15-19/h6-10,13-16H,3-5,11-12,17H2,1-2H3,(H,30,31)/b21-13+. The van der Waals surface area contributed by atoms with Gasteiger partial charge >= 0.3 is 5.97 Å². The Hall–Kier alpha value is -3.12. The van der Waals surface area contributed by atoms with E-state index in [-0.39, 0.29) is 12.0 Å². The molecule has 0 bridgehead atoms. The number of hydrogen-bond donors (Lipinski definition) is 1. The Morgan fingerprint density at radius 2 is 2.09 bits per heavy atom. The molecular weight excluding hydrogens is 426 g/mol. The number of pyridine rings is 1. The lowest BCUT2D eigenvalue weighted by Gasteiger charge is -2.13. The fraction of sp³-hybridized carbons (Fsp3) is 0.320. The lowest BCUT2D eigenvalue weighted by Crippen LogP contribution is -2.08. The molecule has 0 atom stereocenters. The monoisotopic (exact) mass is 453 g/mol. The van der Waals surface area contributed by atoms with Gasteiger partial charge in [-0.1, -0.05) is 43.5 Å². The van der Waals surface area contributed by atoms with Crippen molar-refractivity contribution in [2.75, 3.05) is 6.61 Å². The summed E-state index contributed by atoms with van der Waals surface area (Å²) in [6.07, 6.45) is 10.3. The van der Waals surface area contributed by atoms with Crippen LogP contribution in [0.5, 0.6) is 5.75 Å². The first-order valence-electron chi connectivity index (χ1n) is 10.7. The third kappa shape index (κ3) is 6.44. The van der Waals surface area contributed by atoms with Crippen LogP contribution in [0.15, 0.2) is 54.5 Å². The van der Waals surface area contributed by atoms with Crippen LogP contribution in [-0.4, -0.2) is 32.2 Å². The van der Waals surface area contributed by atoms with E-state index >= 15 is 0 Å². The van der Waals surface area contributed by atoms with Crippen LogP contribution in [0.2, 0.25) is 5.02 Å². The second-order valence-corrected chi connectivity index (χ2v) is 8.05. The van der Waals surface area contributed by atoms with E-state index in [1.807, 2.05) is 35.8 Å². The summed E-state index contributed by atoms with van der Waals surface area (Å²) >= 11 is 6.52. The molecule has 0 saturated heterocycles. The number of benzene rings is 1. The van der Waals surface area contributed by atoms with Gasteiger partial charge in [0.25, 0.3) is 0 Å². The average molecular weight is 454 g/mol. The van der Waals surface area contributed by atoms with Crippen LogP contribution in [0, 0.1) is 6.92 Å². The number of aryl methyl sites for hydroxylation is 1. The summed E-state index contributed by atoms with van der Waals surface area (Å²) in [5.41, 5.74) is 2.72. The molecule has 0 radical (unpaired) electrons. The number of rotatable bonds is 11. The predicted octanol–water partition coefficient (Wildman–Crippen LogP) is 5.57. The molecule has 168 valence electrons. The summed E-state index contributed by atoms with van der Waals surface area (Å²) in [5, 5.41) is 10.3. The van der Waals surface area contributed by atoms with Crippen LogP contribution in [-0.2, 0) is 17.8 Å². The molecule has 7 heteroatoms. The number of nitrogens with zero attached hydrogens (tertiary/aromatic N) is 3. The number of imidazole rings is 1. The highest BCUT2D eigenvalue weighted by Gasteiger charge is 2.13. The summed E-state index contributed by atoms with van der Waals surface area (Å²) in [4.78, 5) is 20.3. The van der Waals surface area contributed by atoms with Gasteiger partial charge < -0.3 is 14.4 Å². The van der Waals surface area contributed by atoms with Crippen molar-refractivity contribution in [3.8, 4) is 5.75 Å². The van der Waals surface area contributed by atoms with Crippen LogP contribution in [0.25, 0.3) is 6.08 Å². The number of carboxylic acids is 1. The van der Waals surface area contributed by atoms with Crippen molar-refractivity contribution in [3.63, 3.8) is 0 Å². The van der Waals surface area contributed by atoms with Crippen molar-refractivity contribution >= 4 is 23.6 Å². The zero-order chi connectivity index (χ0) is 22.9. The number of aliphatic carboxylic acids is 1. The van der Waals surface area contributed by atoms with E-state index in [2.05, 4.69) is 16.9 Å². The Kier molecular flexibility index (Phi) is 8.45. The van der Waals surface area contributed by atoms with E-state index in [1.165, 1.54) is 0 Å². The zero-order valence-electron chi connectivity index (χ0n) is 18.4. The largest absolute Gasteiger partial charge is 0.494 e. The van der Waals surface area contributed by atoms with E-state index in [4.69, 9.17) is 16.3 Å². The van der Waals surface area contributed by atoms with Gasteiger partial charge in [0.05, 0.1) is 25.0 Å². The Labute approximate surface area is 193 Å². The van der Waals surface area contributed by atoms with E-state index in [1.54, 1.807) is 30.7 Å². The first-order chi connectivity index (χ1) is 15.5. The SMILES string of the molecule is CCCCCOc1ccc(Cn2c(/C=C(\Cc3cccnc3)C(=O)O)cnc2C)c(Cl)c1. The van der Waals surface area contributed by atoms with E-state index < -0.39 is 5.97 Å². The van der Waals surface area contributed by atoms with E-state index in [9.17, 15) is 9.90 Å². The molecule has 3 aromatic rings. The molecule has 0 aliphatic heterocycles. The molecule has 2 heterocycles. The van der Waals surface area contributed by atoms with Gasteiger partial charge in [-0.15, -0.1) is 0 Å². The first kappa shape index (κ1) is 23.5.